The van der Waals surface area contributed by atoms with E-state index in [1.807, 2.05) is 6.92 Å². The minimum Gasteiger partial charge on any atom is -0.494 e. The fourth-order valence-electron chi connectivity index (χ4n) is 2.29. The van der Waals surface area contributed by atoms with Gasteiger partial charge in [0.2, 0.25) is 5.91 Å². The van der Waals surface area contributed by atoms with Gasteiger partial charge in [-0.05, 0) is 31.2 Å². The third-order valence-corrected chi connectivity index (χ3v) is 3.67. The molecule has 0 aliphatic carbocycles. The van der Waals surface area contributed by atoms with Crippen LogP contribution in [0.4, 0.5) is 0 Å². The van der Waals surface area contributed by atoms with E-state index in [0.29, 0.717) is 38.3 Å². The molecule has 0 bridgehead atoms. The molecule has 114 valence electrons. The highest BCUT2D eigenvalue weighted by Crippen LogP contribution is 2.15. The fraction of sp³-hybridized carbons (Fsp3) is 0.467. The Balaban J connectivity index is 1.93. The second-order valence-electron chi connectivity index (χ2n) is 4.76. The number of rotatable bonds is 4. The Morgan fingerprint density at radius 1 is 1.10 bits per heavy atom. The Morgan fingerprint density at radius 3 is 2.19 bits per heavy atom. The Bertz CT molecular complexity index is 496. The van der Waals surface area contributed by atoms with Crippen LogP contribution in [0.2, 0.25) is 0 Å². The first-order chi connectivity index (χ1) is 10.2. The van der Waals surface area contributed by atoms with Crippen LogP contribution in [0.5, 0.6) is 5.75 Å². The summed E-state index contributed by atoms with van der Waals surface area (Å²) in [7, 11) is 0. The maximum atomic E-state index is 12.4. The number of ether oxygens (including phenoxy) is 1. The van der Waals surface area contributed by atoms with Crippen molar-refractivity contribution in [2.45, 2.75) is 6.92 Å². The van der Waals surface area contributed by atoms with Crippen LogP contribution in [0.1, 0.15) is 17.3 Å². The molecule has 0 saturated carbocycles. The first-order valence-corrected chi connectivity index (χ1v) is 7.55. The van der Waals surface area contributed by atoms with Crippen LogP contribution in [-0.2, 0) is 4.79 Å². The summed E-state index contributed by atoms with van der Waals surface area (Å²) in [6.07, 6.45) is 0. The Hall–Kier alpha value is -1.75. The third-order valence-electron chi connectivity index (χ3n) is 3.45. The first kappa shape index (κ1) is 15.6. The standard InChI is InChI=1S/C15H19ClN2O3/c1-2-21-13-5-3-12(4-6-13)15(20)18-9-7-17(8-10-18)14(19)11-16/h3-6H,2,7-11H2,1H3. The van der Waals surface area contributed by atoms with Crippen molar-refractivity contribution >= 4 is 23.4 Å². The zero-order valence-corrected chi connectivity index (χ0v) is 12.8. The molecule has 1 aliphatic heterocycles. The molecule has 0 unspecified atom stereocenters. The quantitative estimate of drug-likeness (QED) is 0.794. The first-order valence-electron chi connectivity index (χ1n) is 7.01. The smallest absolute Gasteiger partial charge is 0.253 e. The second kappa shape index (κ2) is 7.31. The van der Waals surface area contributed by atoms with Gasteiger partial charge in [0.1, 0.15) is 11.6 Å². The molecular formula is C15H19ClN2O3. The molecule has 1 fully saturated rings. The summed E-state index contributed by atoms with van der Waals surface area (Å²) < 4.78 is 5.36. The zero-order valence-electron chi connectivity index (χ0n) is 12.0. The van der Waals surface area contributed by atoms with Gasteiger partial charge >= 0.3 is 0 Å². The molecule has 0 atom stereocenters. The second-order valence-corrected chi connectivity index (χ2v) is 5.03. The van der Waals surface area contributed by atoms with Gasteiger partial charge in [-0.1, -0.05) is 0 Å². The molecule has 1 aliphatic rings. The van der Waals surface area contributed by atoms with Gasteiger partial charge in [0.05, 0.1) is 6.61 Å². The number of hydrogen-bond acceptors (Lipinski definition) is 3. The van der Waals surface area contributed by atoms with Gasteiger partial charge in [0, 0.05) is 31.7 Å². The van der Waals surface area contributed by atoms with E-state index in [4.69, 9.17) is 16.3 Å². The summed E-state index contributed by atoms with van der Waals surface area (Å²) >= 11 is 5.54. The van der Waals surface area contributed by atoms with Crippen LogP contribution >= 0.6 is 11.6 Å². The van der Waals surface area contributed by atoms with E-state index >= 15 is 0 Å². The molecule has 1 saturated heterocycles. The van der Waals surface area contributed by atoms with Crippen molar-refractivity contribution < 1.29 is 14.3 Å². The lowest BCUT2D eigenvalue weighted by atomic mass is 10.1. The highest BCUT2D eigenvalue weighted by Gasteiger charge is 2.24. The van der Waals surface area contributed by atoms with Crippen molar-refractivity contribution in [3.63, 3.8) is 0 Å². The molecule has 1 aromatic rings. The number of piperazine rings is 1. The minimum atomic E-state index is -0.0789. The number of hydrogen-bond donors (Lipinski definition) is 0. The largest absolute Gasteiger partial charge is 0.494 e. The van der Waals surface area contributed by atoms with Gasteiger partial charge in [-0.15, -0.1) is 11.6 Å². The zero-order chi connectivity index (χ0) is 15.2. The molecule has 5 nitrogen and oxygen atoms in total. The summed E-state index contributed by atoms with van der Waals surface area (Å²) in [6, 6.07) is 7.13. The summed E-state index contributed by atoms with van der Waals surface area (Å²) in [6.45, 7) is 4.66. The van der Waals surface area contributed by atoms with Crippen molar-refractivity contribution in [2.75, 3.05) is 38.7 Å². The molecule has 6 heteroatoms. The molecule has 0 aromatic heterocycles. The van der Waals surface area contributed by atoms with Gasteiger partial charge in [-0.3, -0.25) is 9.59 Å². The lowest BCUT2D eigenvalue weighted by Crippen LogP contribution is -2.50. The SMILES string of the molecule is CCOc1ccc(C(=O)N2CCN(C(=O)CCl)CC2)cc1. The summed E-state index contributed by atoms with van der Waals surface area (Å²) in [5.74, 6) is 0.653. The Kier molecular flexibility index (Phi) is 5.44. The van der Waals surface area contributed by atoms with E-state index in [0.717, 1.165) is 5.75 Å². The van der Waals surface area contributed by atoms with E-state index in [9.17, 15) is 9.59 Å². The van der Waals surface area contributed by atoms with Crippen LogP contribution < -0.4 is 4.74 Å². The Labute approximate surface area is 129 Å². The molecule has 2 amide bonds. The molecule has 0 radical (unpaired) electrons. The van der Waals surface area contributed by atoms with Crippen molar-refractivity contribution in [3.8, 4) is 5.75 Å². The monoisotopic (exact) mass is 310 g/mol. The molecule has 0 spiro atoms. The Morgan fingerprint density at radius 2 is 1.67 bits per heavy atom. The summed E-state index contributed by atoms with van der Waals surface area (Å²) in [5.41, 5.74) is 0.635. The van der Waals surface area contributed by atoms with E-state index < -0.39 is 0 Å². The number of alkyl halides is 1. The van der Waals surface area contributed by atoms with Crippen LogP contribution in [0, 0.1) is 0 Å². The lowest BCUT2D eigenvalue weighted by Gasteiger charge is -2.34. The van der Waals surface area contributed by atoms with E-state index in [1.54, 1.807) is 34.1 Å². The van der Waals surface area contributed by atoms with Crippen molar-refractivity contribution in [2.24, 2.45) is 0 Å². The molecule has 0 N–H and O–H groups in total. The number of halogens is 1. The third kappa shape index (κ3) is 3.88. The topological polar surface area (TPSA) is 49.9 Å². The van der Waals surface area contributed by atoms with Gasteiger partial charge in [-0.25, -0.2) is 0 Å². The van der Waals surface area contributed by atoms with Gasteiger partial charge in [-0.2, -0.15) is 0 Å². The van der Waals surface area contributed by atoms with Crippen LogP contribution in [0.15, 0.2) is 24.3 Å². The van der Waals surface area contributed by atoms with Gasteiger partial charge < -0.3 is 14.5 Å². The van der Waals surface area contributed by atoms with E-state index in [2.05, 4.69) is 0 Å². The lowest BCUT2D eigenvalue weighted by molar-refractivity contribution is -0.129. The molecule has 2 rings (SSSR count). The number of amides is 2. The molecule has 1 heterocycles. The molecule has 21 heavy (non-hydrogen) atoms. The van der Waals surface area contributed by atoms with Gasteiger partial charge in [0.15, 0.2) is 0 Å². The summed E-state index contributed by atoms with van der Waals surface area (Å²) in [5, 5.41) is 0. The predicted molar refractivity (Wildman–Crippen MR) is 80.8 cm³/mol. The van der Waals surface area contributed by atoms with Crippen molar-refractivity contribution in [1.82, 2.24) is 9.80 Å². The van der Waals surface area contributed by atoms with Crippen molar-refractivity contribution in [3.05, 3.63) is 29.8 Å². The normalized spacial score (nSPS) is 15.0. The average molecular weight is 311 g/mol. The predicted octanol–water partition coefficient (Wildman–Crippen LogP) is 1.61. The summed E-state index contributed by atoms with van der Waals surface area (Å²) in [4.78, 5) is 27.3. The maximum absolute atomic E-state index is 12.4. The maximum Gasteiger partial charge on any atom is 0.253 e. The minimum absolute atomic E-state index is 0.00711. The van der Waals surface area contributed by atoms with E-state index in [1.165, 1.54) is 0 Å². The average Bonchev–Trinajstić information content (AvgIpc) is 2.54. The molecule has 1 aromatic carbocycles. The highest BCUT2D eigenvalue weighted by molar-refractivity contribution is 6.27. The van der Waals surface area contributed by atoms with Crippen LogP contribution in [0.3, 0.4) is 0 Å². The van der Waals surface area contributed by atoms with Crippen LogP contribution in [0.25, 0.3) is 0 Å². The number of carbonyl (C=O) groups is 2. The number of benzene rings is 1. The van der Waals surface area contributed by atoms with Crippen molar-refractivity contribution in [1.29, 1.82) is 0 Å². The van der Waals surface area contributed by atoms with E-state index in [-0.39, 0.29) is 17.7 Å². The number of nitrogens with zero attached hydrogens (tertiary/aromatic N) is 2. The van der Waals surface area contributed by atoms with Gasteiger partial charge in [0.25, 0.3) is 5.91 Å². The molecular weight excluding hydrogens is 292 g/mol. The highest BCUT2D eigenvalue weighted by atomic mass is 35.5. The van der Waals surface area contributed by atoms with Crippen LogP contribution in [-0.4, -0.2) is 60.3 Å². The fourth-order valence-corrected chi connectivity index (χ4v) is 2.46. The number of carbonyl (C=O) groups excluding carboxylic acids is 2.